The molecule has 5 heteroatoms. The van der Waals surface area contributed by atoms with E-state index in [1.807, 2.05) is 13.8 Å². The molecule has 0 atom stereocenters. The number of aryl methyl sites for hydroxylation is 1. The van der Waals surface area contributed by atoms with Crippen molar-refractivity contribution >= 4 is 12.7 Å². The fraction of sp³-hybridized carbons (Fsp3) is 0.571. The number of hydrogen-bond acceptors (Lipinski definition) is 3. The minimum atomic E-state index is -1.44. The molecule has 0 unspecified atom stereocenters. The van der Waals surface area contributed by atoms with Crippen molar-refractivity contribution < 1.29 is 10.0 Å². The molecule has 0 radical (unpaired) electrons. The number of rotatable bonds is 2. The average molecular weight is 168 g/mol. The lowest BCUT2D eigenvalue weighted by atomic mass is 9.80. The van der Waals surface area contributed by atoms with Crippen LogP contribution in [0.3, 0.4) is 0 Å². The fourth-order valence-corrected chi connectivity index (χ4v) is 1.22. The summed E-state index contributed by atoms with van der Waals surface area (Å²) in [6, 6.07) is 0. The quantitative estimate of drug-likeness (QED) is 0.569. The molecular formula is C7H13BN2O2. The van der Waals surface area contributed by atoms with Gasteiger partial charge in [0.15, 0.2) is 0 Å². The third kappa shape index (κ3) is 1.51. The molecule has 1 heterocycles. The Hall–Kier alpha value is -0.805. The molecule has 1 aromatic heterocycles. The summed E-state index contributed by atoms with van der Waals surface area (Å²) in [7, 11) is 0.260. The highest BCUT2D eigenvalue weighted by Gasteiger charge is 2.22. The van der Waals surface area contributed by atoms with Gasteiger partial charge in [-0.25, -0.2) is 0 Å². The molecule has 2 N–H and O–H groups in total. The predicted molar refractivity (Wildman–Crippen MR) is 47.1 cm³/mol. The Morgan fingerprint density at radius 3 is 2.42 bits per heavy atom. The summed E-state index contributed by atoms with van der Waals surface area (Å²) < 4.78 is 1.49. The maximum Gasteiger partial charge on any atom is 0.508 e. The molecule has 1 rings (SSSR count). The van der Waals surface area contributed by atoms with Crippen molar-refractivity contribution in [2.75, 3.05) is 0 Å². The van der Waals surface area contributed by atoms with Gasteiger partial charge in [0.1, 0.15) is 0 Å². The van der Waals surface area contributed by atoms with Gasteiger partial charge in [-0.2, -0.15) is 5.10 Å². The van der Waals surface area contributed by atoms with E-state index in [2.05, 4.69) is 5.10 Å². The zero-order chi connectivity index (χ0) is 9.30. The maximum absolute atomic E-state index is 9.02. The maximum atomic E-state index is 9.02. The van der Waals surface area contributed by atoms with Crippen LogP contribution in [0.15, 0.2) is 6.20 Å². The average Bonchev–Trinajstić information content (AvgIpc) is 2.30. The van der Waals surface area contributed by atoms with Crippen molar-refractivity contribution in [3.05, 3.63) is 11.8 Å². The second-order valence-electron chi connectivity index (χ2n) is 3.14. The second kappa shape index (κ2) is 3.29. The van der Waals surface area contributed by atoms with E-state index in [-0.39, 0.29) is 5.92 Å². The van der Waals surface area contributed by atoms with Crippen LogP contribution in [-0.4, -0.2) is 26.9 Å². The highest BCUT2D eigenvalue weighted by atomic mass is 16.4. The molecule has 0 saturated heterocycles. The standard InChI is InChI=1S/C7H13BN2O2/c1-5(2)6-4-9-10(3)7(6)8(11)12/h4-5,11-12H,1-3H3. The summed E-state index contributed by atoms with van der Waals surface area (Å²) in [4.78, 5) is 0. The van der Waals surface area contributed by atoms with Gasteiger partial charge in [0, 0.05) is 7.05 Å². The van der Waals surface area contributed by atoms with Crippen LogP contribution in [0, 0.1) is 0 Å². The molecule has 0 aliphatic heterocycles. The second-order valence-corrected chi connectivity index (χ2v) is 3.14. The van der Waals surface area contributed by atoms with Gasteiger partial charge < -0.3 is 10.0 Å². The van der Waals surface area contributed by atoms with Crippen molar-refractivity contribution in [2.24, 2.45) is 7.05 Å². The van der Waals surface area contributed by atoms with Crippen molar-refractivity contribution in [1.82, 2.24) is 9.78 Å². The van der Waals surface area contributed by atoms with Crippen LogP contribution < -0.4 is 5.59 Å². The normalized spacial score (nSPS) is 10.8. The van der Waals surface area contributed by atoms with E-state index in [1.165, 1.54) is 4.68 Å². The topological polar surface area (TPSA) is 58.3 Å². The third-order valence-corrected chi connectivity index (χ3v) is 1.88. The summed E-state index contributed by atoms with van der Waals surface area (Å²) in [6.07, 6.45) is 1.67. The van der Waals surface area contributed by atoms with Gasteiger partial charge in [-0.1, -0.05) is 13.8 Å². The Balaban J connectivity index is 3.12. The summed E-state index contributed by atoms with van der Waals surface area (Å²) in [5.41, 5.74) is 1.36. The first-order valence-corrected chi connectivity index (χ1v) is 3.92. The Labute approximate surface area is 72.0 Å². The Morgan fingerprint density at radius 1 is 1.50 bits per heavy atom. The highest BCUT2D eigenvalue weighted by Crippen LogP contribution is 2.10. The Kier molecular flexibility index (Phi) is 2.54. The van der Waals surface area contributed by atoms with Crippen LogP contribution in [0.25, 0.3) is 0 Å². The van der Waals surface area contributed by atoms with Crippen molar-refractivity contribution in [2.45, 2.75) is 19.8 Å². The van der Waals surface area contributed by atoms with E-state index in [4.69, 9.17) is 10.0 Å². The molecule has 0 aromatic carbocycles. The molecular weight excluding hydrogens is 155 g/mol. The summed E-state index contributed by atoms with van der Waals surface area (Å²) in [6.45, 7) is 3.98. The molecule has 1 aromatic rings. The van der Waals surface area contributed by atoms with Crippen LogP contribution in [0.4, 0.5) is 0 Å². The van der Waals surface area contributed by atoms with Gasteiger partial charge in [0.05, 0.1) is 11.8 Å². The van der Waals surface area contributed by atoms with Gasteiger partial charge in [-0.3, -0.25) is 4.68 Å². The molecule has 0 bridgehead atoms. The monoisotopic (exact) mass is 168 g/mol. The molecule has 12 heavy (non-hydrogen) atoms. The molecule has 0 fully saturated rings. The van der Waals surface area contributed by atoms with E-state index in [1.54, 1.807) is 13.2 Å². The SMILES string of the molecule is CC(C)c1cnn(C)c1B(O)O. The largest absolute Gasteiger partial charge is 0.508 e. The molecule has 0 saturated carbocycles. The first-order chi connectivity index (χ1) is 5.54. The molecule has 66 valence electrons. The van der Waals surface area contributed by atoms with Gasteiger partial charge in [-0.05, 0) is 11.5 Å². The van der Waals surface area contributed by atoms with Gasteiger partial charge in [0.2, 0.25) is 0 Å². The molecule has 4 nitrogen and oxygen atoms in total. The third-order valence-electron chi connectivity index (χ3n) is 1.88. The lowest BCUT2D eigenvalue weighted by Gasteiger charge is -2.06. The van der Waals surface area contributed by atoms with Crippen LogP contribution >= 0.6 is 0 Å². The number of nitrogens with zero attached hydrogens (tertiary/aromatic N) is 2. The Morgan fingerprint density at radius 2 is 2.08 bits per heavy atom. The first-order valence-electron chi connectivity index (χ1n) is 3.92. The minimum absolute atomic E-state index is 0.260. The summed E-state index contributed by atoms with van der Waals surface area (Å²) in [5, 5.41) is 22.0. The van der Waals surface area contributed by atoms with Crippen molar-refractivity contribution in [3.63, 3.8) is 0 Å². The van der Waals surface area contributed by atoms with Gasteiger partial charge >= 0.3 is 7.12 Å². The molecule has 0 aliphatic carbocycles. The van der Waals surface area contributed by atoms with Crippen LogP contribution in [-0.2, 0) is 7.05 Å². The Bertz CT molecular complexity index is 270. The van der Waals surface area contributed by atoms with Crippen molar-refractivity contribution in [1.29, 1.82) is 0 Å². The van der Waals surface area contributed by atoms with Gasteiger partial charge in [-0.15, -0.1) is 0 Å². The van der Waals surface area contributed by atoms with Crippen molar-refractivity contribution in [3.8, 4) is 0 Å². The minimum Gasteiger partial charge on any atom is -0.422 e. The zero-order valence-electron chi connectivity index (χ0n) is 7.52. The van der Waals surface area contributed by atoms with E-state index in [0.29, 0.717) is 5.59 Å². The van der Waals surface area contributed by atoms with Gasteiger partial charge in [0.25, 0.3) is 0 Å². The molecule has 0 amide bonds. The number of hydrogen-bond donors (Lipinski definition) is 2. The smallest absolute Gasteiger partial charge is 0.422 e. The first kappa shape index (κ1) is 9.28. The lowest BCUT2D eigenvalue weighted by Crippen LogP contribution is -2.38. The molecule has 0 aliphatic rings. The fourth-order valence-electron chi connectivity index (χ4n) is 1.22. The van der Waals surface area contributed by atoms with E-state index in [9.17, 15) is 0 Å². The van der Waals surface area contributed by atoms with Crippen LogP contribution in [0.5, 0.6) is 0 Å². The van der Waals surface area contributed by atoms with E-state index in [0.717, 1.165) is 5.56 Å². The highest BCUT2D eigenvalue weighted by molar-refractivity contribution is 6.58. The summed E-state index contributed by atoms with van der Waals surface area (Å²) >= 11 is 0. The number of aromatic nitrogens is 2. The van der Waals surface area contributed by atoms with Crippen LogP contribution in [0.1, 0.15) is 25.3 Å². The van der Waals surface area contributed by atoms with E-state index >= 15 is 0 Å². The molecule has 0 spiro atoms. The van der Waals surface area contributed by atoms with E-state index < -0.39 is 7.12 Å². The van der Waals surface area contributed by atoms with Crippen LogP contribution in [0.2, 0.25) is 0 Å². The zero-order valence-corrected chi connectivity index (χ0v) is 7.52. The summed E-state index contributed by atoms with van der Waals surface area (Å²) in [5.74, 6) is 0.260. The predicted octanol–water partition coefficient (Wildman–Crippen LogP) is -0.777. The lowest BCUT2D eigenvalue weighted by molar-refractivity contribution is 0.421.